The number of anilines is 2. The number of rotatable bonds is 5. The van der Waals surface area contributed by atoms with Crippen molar-refractivity contribution in [1.29, 1.82) is 0 Å². The Morgan fingerprint density at radius 3 is 2.78 bits per heavy atom. The van der Waals surface area contributed by atoms with Crippen LogP contribution in [0.3, 0.4) is 0 Å². The maximum absolute atomic E-state index is 12.7. The molecular formula is C21H27N5O. The molecule has 2 saturated heterocycles. The van der Waals surface area contributed by atoms with Crippen LogP contribution in [0.1, 0.15) is 19.3 Å². The molecule has 4 rings (SSSR count). The summed E-state index contributed by atoms with van der Waals surface area (Å²) in [5.41, 5.74) is 1.28. The SMILES string of the molecule is O=C(NCC1CCN(c2ccccc2)C1)C1CCCN(c2cnccn2)C1. The summed E-state index contributed by atoms with van der Waals surface area (Å²) in [6.07, 6.45) is 8.25. The summed E-state index contributed by atoms with van der Waals surface area (Å²) in [5, 5.41) is 3.21. The van der Waals surface area contributed by atoms with Gasteiger partial charge in [0.25, 0.3) is 0 Å². The summed E-state index contributed by atoms with van der Waals surface area (Å²) in [7, 11) is 0. The lowest BCUT2D eigenvalue weighted by Gasteiger charge is -2.32. The smallest absolute Gasteiger partial charge is 0.224 e. The highest BCUT2D eigenvalue weighted by molar-refractivity contribution is 5.79. The first kappa shape index (κ1) is 17.8. The Labute approximate surface area is 160 Å². The van der Waals surface area contributed by atoms with Gasteiger partial charge in [0.05, 0.1) is 12.1 Å². The van der Waals surface area contributed by atoms with Crippen molar-refractivity contribution in [2.75, 3.05) is 42.5 Å². The van der Waals surface area contributed by atoms with Crippen molar-refractivity contribution in [2.45, 2.75) is 19.3 Å². The molecule has 2 fully saturated rings. The second-order valence-corrected chi connectivity index (χ2v) is 7.53. The molecule has 0 bridgehead atoms. The monoisotopic (exact) mass is 365 g/mol. The van der Waals surface area contributed by atoms with E-state index in [0.717, 1.165) is 57.8 Å². The average Bonchev–Trinajstić information content (AvgIpc) is 3.22. The van der Waals surface area contributed by atoms with Gasteiger partial charge in [-0.2, -0.15) is 0 Å². The van der Waals surface area contributed by atoms with E-state index in [4.69, 9.17) is 0 Å². The van der Waals surface area contributed by atoms with Gasteiger partial charge in [-0.05, 0) is 37.3 Å². The van der Waals surface area contributed by atoms with Crippen LogP contribution in [0.2, 0.25) is 0 Å². The van der Waals surface area contributed by atoms with Gasteiger partial charge in [0, 0.05) is 50.8 Å². The minimum Gasteiger partial charge on any atom is -0.371 e. The highest BCUT2D eigenvalue weighted by Crippen LogP contribution is 2.24. The highest BCUT2D eigenvalue weighted by Gasteiger charge is 2.28. The van der Waals surface area contributed by atoms with Crippen molar-refractivity contribution in [3.8, 4) is 0 Å². The molecule has 1 aromatic heterocycles. The van der Waals surface area contributed by atoms with Crippen molar-refractivity contribution < 1.29 is 4.79 Å². The van der Waals surface area contributed by atoms with E-state index in [-0.39, 0.29) is 11.8 Å². The number of carbonyl (C=O) groups excluding carboxylic acids is 1. The second kappa shape index (κ2) is 8.37. The van der Waals surface area contributed by atoms with Gasteiger partial charge in [-0.15, -0.1) is 0 Å². The van der Waals surface area contributed by atoms with Gasteiger partial charge < -0.3 is 15.1 Å². The zero-order chi connectivity index (χ0) is 18.5. The molecule has 2 unspecified atom stereocenters. The Kier molecular flexibility index (Phi) is 5.51. The zero-order valence-corrected chi connectivity index (χ0v) is 15.6. The van der Waals surface area contributed by atoms with Gasteiger partial charge in [0.15, 0.2) is 0 Å². The third kappa shape index (κ3) is 4.38. The molecular weight excluding hydrogens is 338 g/mol. The quantitative estimate of drug-likeness (QED) is 0.881. The van der Waals surface area contributed by atoms with E-state index in [9.17, 15) is 4.79 Å². The Morgan fingerprint density at radius 1 is 1.07 bits per heavy atom. The number of carbonyl (C=O) groups is 1. The van der Waals surface area contributed by atoms with Crippen LogP contribution in [-0.2, 0) is 4.79 Å². The van der Waals surface area contributed by atoms with Crippen molar-refractivity contribution in [3.63, 3.8) is 0 Å². The van der Waals surface area contributed by atoms with Crippen LogP contribution < -0.4 is 15.1 Å². The number of nitrogens with zero attached hydrogens (tertiary/aromatic N) is 4. The minimum absolute atomic E-state index is 0.0346. The molecule has 0 radical (unpaired) electrons. The largest absolute Gasteiger partial charge is 0.371 e. The first-order valence-electron chi connectivity index (χ1n) is 9.88. The van der Waals surface area contributed by atoms with Crippen LogP contribution in [0.25, 0.3) is 0 Å². The van der Waals surface area contributed by atoms with E-state index < -0.39 is 0 Å². The molecule has 6 nitrogen and oxygen atoms in total. The summed E-state index contributed by atoms with van der Waals surface area (Å²) >= 11 is 0. The van der Waals surface area contributed by atoms with Crippen LogP contribution in [0.4, 0.5) is 11.5 Å². The van der Waals surface area contributed by atoms with E-state index in [1.165, 1.54) is 5.69 Å². The molecule has 3 heterocycles. The lowest BCUT2D eigenvalue weighted by atomic mass is 9.97. The Hall–Kier alpha value is -2.63. The number of nitrogens with one attached hydrogen (secondary N) is 1. The lowest BCUT2D eigenvalue weighted by Crippen LogP contribution is -2.44. The van der Waals surface area contributed by atoms with Crippen LogP contribution in [0, 0.1) is 11.8 Å². The van der Waals surface area contributed by atoms with Gasteiger partial charge in [-0.25, -0.2) is 4.98 Å². The van der Waals surface area contributed by atoms with Crippen LogP contribution in [0.5, 0.6) is 0 Å². The van der Waals surface area contributed by atoms with Gasteiger partial charge >= 0.3 is 0 Å². The van der Waals surface area contributed by atoms with Crippen LogP contribution in [-0.4, -0.2) is 48.6 Å². The first-order valence-corrected chi connectivity index (χ1v) is 9.88. The fourth-order valence-corrected chi connectivity index (χ4v) is 4.12. The Bertz CT molecular complexity index is 739. The molecule has 0 aliphatic carbocycles. The Morgan fingerprint density at radius 2 is 1.96 bits per heavy atom. The molecule has 27 heavy (non-hydrogen) atoms. The van der Waals surface area contributed by atoms with Crippen LogP contribution >= 0.6 is 0 Å². The highest BCUT2D eigenvalue weighted by atomic mass is 16.1. The van der Waals surface area contributed by atoms with Gasteiger partial charge in [0.2, 0.25) is 5.91 Å². The van der Waals surface area contributed by atoms with E-state index in [1.54, 1.807) is 18.6 Å². The standard InChI is InChI=1S/C21H27N5O/c27-21(18-5-4-11-26(16-18)20-14-22-9-10-23-20)24-13-17-8-12-25(15-17)19-6-2-1-3-7-19/h1-3,6-7,9-10,14,17-18H,4-5,8,11-13,15-16H2,(H,24,27). The second-order valence-electron chi connectivity index (χ2n) is 7.53. The molecule has 1 N–H and O–H groups in total. The lowest BCUT2D eigenvalue weighted by molar-refractivity contribution is -0.125. The van der Waals surface area contributed by atoms with Gasteiger partial charge in [-0.1, -0.05) is 18.2 Å². The normalized spacial score (nSPS) is 22.7. The molecule has 2 atom stereocenters. The fourth-order valence-electron chi connectivity index (χ4n) is 4.12. The topological polar surface area (TPSA) is 61.4 Å². The van der Waals surface area contributed by atoms with Crippen LogP contribution in [0.15, 0.2) is 48.9 Å². The summed E-state index contributed by atoms with van der Waals surface area (Å²) in [5.74, 6) is 1.60. The molecule has 0 spiro atoms. The molecule has 1 aromatic carbocycles. The van der Waals surface area contributed by atoms with Crippen molar-refractivity contribution in [3.05, 3.63) is 48.9 Å². The first-order chi connectivity index (χ1) is 13.3. The average molecular weight is 365 g/mol. The number of benzene rings is 1. The summed E-state index contributed by atoms with van der Waals surface area (Å²) < 4.78 is 0. The number of amides is 1. The fraction of sp³-hybridized carbons (Fsp3) is 0.476. The zero-order valence-electron chi connectivity index (χ0n) is 15.6. The number of para-hydroxylation sites is 1. The molecule has 0 saturated carbocycles. The molecule has 142 valence electrons. The maximum Gasteiger partial charge on any atom is 0.224 e. The van der Waals surface area contributed by atoms with Crippen molar-refractivity contribution in [2.24, 2.45) is 11.8 Å². The third-order valence-electron chi connectivity index (χ3n) is 5.64. The minimum atomic E-state index is 0.0346. The predicted octanol–water partition coefficient (Wildman–Crippen LogP) is 2.34. The molecule has 2 aliphatic heterocycles. The molecule has 1 amide bonds. The molecule has 2 aliphatic rings. The van der Waals surface area contributed by atoms with E-state index >= 15 is 0 Å². The summed E-state index contributed by atoms with van der Waals surface area (Å²) in [6.45, 7) is 4.52. The van der Waals surface area contributed by atoms with Crippen molar-refractivity contribution >= 4 is 17.4 Å². The summed E-state index contributed by atoms with van der Waals surface area (Å²) in [6, 6.07) is 10.5. The van der Waals surface area contributed by atoms with Gasteiger partial charge in [-0.3, -0.25) is 9.78 Å². The third-order valence-corrected chi connectivity index (χ3v) is 5.64. The summed E-state index contributed by atoms with van der Waals surface area (Å²) in [4.78, 5) is 25.8. The number of aromatic nitrogens is 2. The van der Waals surface area contributed by atoms with Crippen molar-refractivity contribution in [1.82, 2.24) is 15.3 Å². The van der Waals surface area contributed by atoms with E-state index in [1.807, 2.05) is 6.07 Å². The predicted molar refractivity (Wildman–Crippen MR) is 107 cm³/mol. The Balaban J connectivity index is 1.26. The number of piperidine rings is 1. The van der Waals surface area contributed by atoms with Gasteiger partial charge in [0.1, 0.15) is 5.82 Å². The van der Waals surface area contributed by atoms with E-state index in [2.05, 4.69) is 49.4 Å². The number of hydrogen-bond donors (Lipinski definition) is 1. The maximum atomic E-state index is 12.7. The number of hydrogen-bond acceptors (Lipinski definition) is 5. The van der Waals surface area contributed by atoms with E-state index in [0.29, 0.717) is 5.92 Å². The molecule has 6 heteroatoms. The molecule has 2 aromatic rings.